The van der Waals surface area contributed by atoms with Crippen molar-refractivity contribution in [2.45, 2.75) is 19.9 Å². The van der Waals surface area contributed by atoms with E-state index in [0.717, 1.165) is 22.3 Å². The van der Waals surface area contributed by atoms with Gasteiger partial charge in [0, 0.05) is 5.39 Å². The van der Waals surface area contributed by atoms with Gasteiger partial charge in [0.05, 0.1) is 23.2 Å². The van der Waals surface area contributed by atoms with Crippen LogP contribution < -0.4 is 5.32 Å². The van der Waals surface area contributed by atoms with Crippen LogP contribution in [0.4, 0.5) is 5.82 Å². The van der Waals surface area contributed by atoms with E-state index in [0.29, 0.717) is 5.56 Å². The van der Waals surface area contributed by atoms with Gasteiger partial charge in [0.2, 0.25) is 0 Å². The van der Waals surface area contributed by atoms with Crippen LogP contribution in [0.25, 0.3) is 10.9 Å². The highest BCUT2D eigenvalue weighted by Gasteiger charge is 2.10. The largest absolute Gasteiger partial charge is 0.363 e. The maximum atomic E-state index is 9.01. The summed E-state index contributed by atoms with van der Waals surface area (Å²) in [4.78, 5) is 8.67. The first-order valence-electron chi connectivity index (χ1n) is 7.15. The minimum Gasteiger partial charge on any atom is -0.363 e. The van der Waals surface area contributed by atoms with E-state index >= 15 is 0 Å². The minimum absolute atomic E-state index is 0.0481. The zero-order valence-corrected chi connectivity index (χ0v) is 12.5. The van der Waals surface area contributed by atoms with Gasteiger partial charge in [-0.15, -0.1) is 0 Å². The molecular weight excluding hydrogens is 272 g/mol. The van der Waals surface area contributed by atoms with E-state index < -0.39 is 0 Å². The fourth-order valence-electron chi connectivity index (χ4n) is 2.45. The Bertz CT molecular complexity index is 864. The Balaban J connectivity index is 1.95. The summed E-state index contributed by atoms with van der Waals surface area (Å²) in [6.45, 7) is 4.11. The summed E-state index contributed by atoms with van der Waals surface area (Å²) in [5.74, 6) is 0.809. The van der Waals surface area contributed by atoms with E-state index in [4.69, 9.17) is 5.26 Å². The van der Waals surface area contributed by atoms with Gasteiger partial charge < -0.3 is 5.32 Å². The fraction of sp³-hybridized carbons (Fsp3) is 0.167. The van der Waals surface area contributed by atoms with Gasteiger partial charge in [-0.1, -0.05) is 23.8 Å². The molecule has 1 unspecified atom stereocenters. The molecule has 0 fully saturated rings. The molecule has 0 aliphatic heterocycles. The summed E-state index contributed by atoms with van der Waals surface area (Å²) >= 11 is 0. The van der Waals surface area contributed by atoms with Crippen LogP contribution in [0.15, 0.2) is 48.8 Å². The molecule has 22 heavy (non-hydrogen) atoms. The molecule has 0 bridgehead atoms. The van der Waals surface area contributed by atoms with E-state index in [1.807, 2.05) is 30.3 Å². The van der Waals surface area contributed by atoms with Crippen LogP contribution in [0.2, 0.25) is 0 Å². The highest BCUT2D eigenvalue weighted by Crippen LogP contribution is 2.25. The van der Waals surface area contributed by atoms with Crippen molar-refractivity contribution in [2.75, 3.05) is 5.32 Å². The molecule has 3 aromatic rings. The van der Waals surface area contributed by atoms with Crippen LogP contribution in [0.3, 0.4) is 0 Å². The lowest BCUT2D eigenvalue weighted by Crippen LogP contribution is -2.08. The molecule has 1 N–H and O–H groups in total. The van der Waals surface area contributed by atoms with Crippen molar-refractivity contribution < 1.29 is 0 Å². The van der Waals surface area contributed by atoms with Crippen molar-refractivity contribution in [3.8, 4) is 6.07 Å². The molecule has 0 saturated carbocycles. The molecule has 0 amide bonds. The molecule has 1 aromatic heterocycles. The number of anilines is 1. The van der Waals surface area contributed by atoms with E-state index in [1.54, 1.807) is 12.4 Å². The highest BCUT2D eigenvalue weighted by atomic mass is 15.0. The second-order valence-electron chi connectivity index (χ2n) is 5.35. The summed E-state index contributed by atoms with van der Waals surface area (Å²) < 4.78 is 0. The van der Waals surface area contributed by atoms with Gasteiger partial charge in [-0.3, -0.25) is 0 Å². The molecule has 1 heterocycles. The molecule has 4 heteroatoms. The summed E-state index contributed by atoms with van der Waals surface area (Å²) in [6.07, 6.45) is 1.57. The molecule has 2 aromatic carbocycles. The number of benzene rings is 2. The van der Waals surface area contributed by atoms with Crippen molar-refractivity contribution in [2.24, 2.45) is 0 Å². The average molecular weight is 288 g/mol. The Hall–Kier alpha value is -2.93. The van der Waals surface area contributed by atoms with Gasteiger partial charge in [-0.05, 0) is 43.7 Å². The quantitative estimate of drug-likeness (QED) is 0.791. The van der Waals surface area contributed by atoms with Crippen LogP contribution in [0.1, 0.15) is 29.7 Å². The number of hydrogen-bond donors (Lipinski definition) is 1. The molecule has 0 saturated heterocycles. The average Bonchev–Trinajstić information content (AvgIpc) is 2.55. The van der Waals surface area contributed by atoms with Crippen LogP contribution in [0, 0.1) is 18.3 Å². The number of fused-ring (bicyclic) bond motifs is 1. The van der Waals surface area contributed by atoms with Gasteiger partial charge >= 0.3 is 0 Å². The Morgan fingerprint density at radius 2 is 2.00 bits per heavy atom. The highest BCUT2D eigenvalue weighted by molar-refractivity contribution is 5.89. The Morgan fingerprint density at radius 1 is 1.14 bits per heavy atom. The van der Waals surface area contributed by atoms with Gasteiger partial charge in [-0.25, -0.2) is 9.97 Å². The predicted molar refractivity (Wildman–Crippen MR) is 87.5 cm³/mol. The zero-order valence-electron chi connectivity index (χ0n) is 12.5. The molecule has 4 nitrogen and oxygen atoms in total. The molecule has 3 rings (SSSR count). The van der Waals surface area contributed by atoms with E-state index in [1.165, 1.54) is 5.56 Å². The third kappa shape index (κ3) is 2.75. The maximum absolute atomic E-state index is 9.01. The second kappa shape index (κ2) is 5.82. The third-order valence-corrected chi connectivity index (χ3v) is 3.66. The zero-order chi connectivity index (χ0) is 15.5. The maximum Gasteiger partial charge on any atom is 0.137 e. The second-order valence-corrected chi connectivity index (χ2v) is 5.35. The molecular formula is C18H16N4. The summed E-state index contributed by atoms with van der Waals surface area (Å²) in [6, 6.07) is 15.9. The number of nitrogens with one attached hydrogen (secondary N) is 1. The van der Waals surface area contributed by atoms with Crippen LogP contribution in [-0.4, -0.2) is 9.97 Å². The standard InChI is InChI=1S/C18H16N4/c1-12-6-7-17-16(8-12)18(21-11-20-17)22-13(2)15-5-3-4-14(9-15)10-19/h3-9,11,13H,1-2H3,(H,20,21,22). The SMILES string of the molecule is Cc1ccc2ncnc(NC(C)c3cccc(C#N)c3)c2c1. The number of rotatable bonds is 3. The third-order valence-electron chi connectivity index (χ3n) is 3.66. The number of hydrogen-bond acceptors (Lipinski definition) is 4. The molecule has 108 valence electrons. The number of aromatic nitrogens is 2. The first kappa shape index (κ1) is 14.0. The summed E-state index contributed by atoms with van der Waals surface area (Å²) in [5.41, 5.74) is 3.80. The Kier molecular flexibility index (Phi) is 3.71. The first-order valence-corrected chi connectivity index (χ1v) is 7.15. The Labute approximate surface area is 129 Å². The van der Waals surface area contributed by atoms with Crippen molar-refractivity contribution in [3.63, 3.8) is 0 Å². The van der Waals surface area contributed by atoms with Gasteiger partial charge in [-0.2, -0.15) is 5.26 Å². The summed E-state index contributed by atoms with van der Waals surface area (Å²) in [5, 5.41) is 13.4. The van der Waals surface area contributed by atoms with Crippen molar-refractivity contribution in [1.82, 2.24) is 9.97 Å². The van der Waals surface area contributed by atoms with Crippen LogP contribution >= 0.6 is 0 Å². The minimum atomic E-state index is 0.0481. The smallest absolute Gasteiger partial charge is 0.137 e. The Morgan fingerprint density at radius 3 is 2.82 bits per heavy atom. The van der Waals surface area contributed by atoms with Crippen molar-refractivity contribution in [1.29, 1.82) is 5.26 Å². The van der Waals surface area contributed by atoms with Crippen LogP contribution in [-0.2, 0) is 0 Å². The van der Waals surface area contributed by atoms with E-state index in [2.05, 4.69) is 41.3 Å². The fourth-order valence-corrected chi connectivity index (χ4v) is 2.45. The molecule has 1 atom stereocenters. The van der Waals surface area contributed by atoms with Crippen molar-refractivity contribution >= 4 is 16.7 Å². The first-order chi connectivity index (χ1) is 10.7. The number of nitriles is 1. The van der Waals surface area contributed by atoms with Crippen molar-refractivity contribution in [3.05, 3.63) is 65.5 Å². The molecule has 0 radical (unpaired) electrons. The molecule has 0 spiro atoms. The normalized spacial score (nSPS) is 11.9. The topological polar surface area (TPSA) is 61.6 Å². The van der Waals surface area contributed by atoms with Crippen LogP contribution in [0.5, 0.6) is 0 Å². The monoisotopic (exact) mass is 288 g/mol. The molecule has 0 aliphatic carbocycles. The lowest BCUT2D eigenvalue weighted by Gasteiger charge is -2.16. The lowest BCUT2D eigenvalue weighted by molar-refractivity contribution is 0.875. The van der Waals surface area contributed by atoms with Gasteiger partial charge in [0.15, 0.2) is 0 Å². The molecule has 0 aliphatic rings. The van der Waals surface area contributed by atoms with Gasteiger partial charge in [0.1, 0.15) is 12.1 Å². The summed E-state index contributed by atoms with van der Waals surface area (Å²) in [7, 11) is 0. The van der Waals surface area contributed by atoms with Gasteiger partial charge in [0.25, 0.3) is 0 Å². The lowest BCUT2D eigenvalue weighted by atomic mass is 10.1. The number of nitrogens with zero attached hydrogens (tertiary/aromatic N) is 3. The van der Waals surface area contributed by atoms with E-state index in [9.17, 15) is 0 Å². The van der Waals surface area contributed by atoms with E-state index in [-0.39, 0.29) is 6.04 Å². The number of aryl methyl sites for hydroxylation is 1. The predicted octanol–water partition coefficient (Wildman–Crippen LogP) is 3.98.